The van der Waals surface area contributed by atoms with Crippen LogP contribution in [0.1, 0.15) is 187 Å². The summed E-state index contributed by atoms with van der Waals surface area (Å²) in [4.78, 5) is 102. The van der Waals surface area contributed by atoms with Gasteiger partial charge in [0.25, 0.3) is 0 Å². The van der Waals surface area contributed by atoms with E-state index in [2.05, 4.69) is 122 Å². The van der Waals surface area contributed by atoms with Crippen molar-refractivity contribution in [3.63, 3.8) is 0 Å². The molecule has 4 atom stereocenters. The lowest BCUT2D eigenvalue weighted by atomic mass is 10.1. The van der Waals surface area contributed by atoms with E-state index in [-0.39, 0.29) is 60.1 Å². The van der Waals surface area contributed by atoms with Gasteiger partial charge in [-0.3, -0.25) is 38.4 Å². The number of ether oxygens (including phenoxy) is 2. The number of thiol groups is 4. The Balaban J connectivity index is 0.000000900. The standard InChI is InChI=1S/C32H59N5O5S3.C31H61N5O5S4/c1-2-23-42-24-22-37(20-13-31(40)35-18-16-33-29(38)11-5-3-8-27-10-7-25-43-27)21-14-32(41)36-19-17-34-30(39)12-6-4-9-28-15-26-44-45-28;1-2-22-41-23-21-36(19-11-30(39)34-17-15-32-28(37)9-5-3-7-26(44)13-24-42)20-12-31(40)35-18-16-33-29(38)10-6-4-8-27(45)14-25-43/h27-28H,2-26H2,1H3,(H,33,38)(H,34,39)(H,35,40)(H,36,41);26-27,42-45H,2-25H2,1H3,(H,32,37)(H,33,38)(H,34,39)(H,35,40). The summed E-state index contributed by atoms with van der Waals surface area (Å²) >= 11 is 19.5. The minimum atomic E-state index is -0.101. The number of unbranched alkanes of at least 4 members (excludes halogenated alkanes) is 4. The summed E-state index contributed by atoms with van der Waals surface area (Å²) in [7, 11) is 3.93. The Bertz CT molecular complexity index is 1750. The molecule has 2 saturated heterocycles. The summed E-state index contributed by atoms with van der Waals surface area (Å²) < 4.78 is 11.2. The third kappa shape index (κ3) is 55.3. The van der Waals surface area contributed by atoms with E-state index in [9.17, 15) is 38.4 Å². The van der Waals surface area contributed by atoms with Crippen LogP contribution in [0.3, 0.4) is 0 Å². The fourth-order valence-electron chi connectivity index (χ4n) is 9.58. The number of nitrogens with zero attached hydrogens (tertiary/aromatic N) is 2. The number of amides is 8. The number of hydrogen-bond acceptors (Lipinski definition) is 19. The third-order valence-electron chi connectivity index (χ3n) is 14.9. The minimum absolute atomic E-state index is 0.00804. The highest BCUT2D eigenvalue weighted by Crippen LogP contribution is 2.40. The van der Waals surface area contributed by atoms with Crippen molar-refractivity contribution in [3.8, 4) is 0 Å². The zero-order valence-electron chi connectivity index (χ0n) is 54.9. The first-order valence-corrected chi connectivity index (χ1v) is 39.6. The van der Waals surface area contributed by atoms with E-state index in [0.717, 1.165) is 112 Å². The normalized spacial score (nSPS) is 15.2. The third-order valence-corrected chi connectivity index (χ3v) is 20.9. The van der Waals surface area contributed by atoms with Gasteiger partial charge in [-0.2, -0.15) is 62.3 Å². The average molecular weight is 1400 g/mol. The molecule has 0 bridgehead atoms. The van der Waals surface area contributed by atoms with E-state index in [1.165, 1.54) is 43.6 Å². The predicted octanol–water partition coefficient (Wildman–Crippen LogP) is 7.45. The van der Waals surface area contributed by atoms with Gasteiger partial charge in [-0.1, -0.05) is 61.1 Å². The Morgan fingerprint density at radius 3 is 1.04 bits per heavy atom. The van der Waals surface area contributed by atoms with Gasteiger partial charge in [-0.05, 0) is 114 Å². The first kappa shape index (κ1) is 86.1. The van der Waals surface area contributed by atoms with Crippen molar-refractivity contribution >= 4 is 131 Å². The average Bonchev–Trinajstić information content (AvgIpc) is 4.39. The van der Waals surface area contributed by atoms with Crippen LogP contribution in [0.2, 0.25) is 0 Å². The Labute approximate surface area is 576 Å². The Morgan fingerprint density at radius 1 is 0.411 bits per heavy atom. The van der Waals surface area contributed by atoms with Crippen LogP contribution in [0.4, 0.5) is 0 Å². The molecule has 0 aromatic carbocycles. The summed E-state index contributed by atoms with van der Waals surface area (Å²) in [6.07, 6.45) is 22.9. The first-order valence-electron chi connectivity index (χ1n) is 33.9. The van der Waals surface area contributed by atoms with E-state index in [0.29, 0.717) is 167 Å². The van der Waals surface area contributed by atoms with E-state index < -0.39 is 0 Å². The zero-order chi connectivity index (χ0) is 65.9. The highest BCUT2D eigenvalue weighted by Gasteiger charge is 2.18. The van der Waals surface area contributed by atoms with Crippen LogP contribution in [0.15, 0.2) is 0 Å². The minimum Gasteiger partial charge on any atom is -0.380 e. The molecule has 0 spiro atoms. The molecule has 524 valence electrons. The van der Waals surface area contributed by atoms with Crippen LogP contribution in [-0.2, 0) is 47.8 Å². The van der Waals surface area contributed by atoms with Gasteiger partial charge in [0.15, 0.2) is 0 Å². The Hall–Kier alpha value is -1.95. The smallest absolute Gasteiger partial charge is 0.221 e. The second kappa shape index (κ2) is 61.9. The molecule has 8 N–H and O–H groups in total. The molecule has 0 saturated carbocycles. The van der Waals surface area contributed by atoms with Gasteiger partial charge in [0.1, 0.15) is 0 Å². The summed E-state index contributed by atoms with van der Waals surface area (Å²) in [6.45, 7) is 13.0. The molecule has 4 unspecified atom stereocenters. The Morgan fingerprint density at radius 2 is 0.744 bits per heavy atom. The van der Waals surface area contributed by atoms with Gasteiger partial charge in [0.2, 0.25) is 47.3 Å². The number of thioether (sulfide) groups is 1. The molecule has 27 heteroatoms. The molecule has 2 heterocycles. The molecule has 20 nitrogen and oxygen atoms in total. The number of carbonyl (C=O) groups is 8. The Kier molecular flexibility index (Phi) is 59.2. The van der Waals surface area contributed by atoms with Crippen molar-refractivity contribution in [1.29, 1.82) is 0 Å². The fourth-order valence-corrected chi connectivity index (χ4v) is 15.6. The molecular formula is C63H120N10O10S7. The molecule has 90 heavy (non-hydrogen) atoms. The van der Waals surface area contributed by atoms with Crippen LogP contribution in [0, 0.1) is 0 Å². The molecule has 0 aliphatic carbocycles. The highest BCUT2D eigenvalue weighted by molar-refractivity contribution is 8.77. The number of carbonyl (C=O) groups excluding carboxylic acids is 8. The summed E-state index contributed by atoms with van der Waals surface area (Å²) in [5, 5.41) is 25.2. The molecule has 2 fully saturated rings. The molecular weight excluding hydrogens is 1280 g/mol. The van der Waals surface area contributed by atoms with E-state index in [1.807, 2.05) is 28.5 Å². The van der Waals surface area contributed by atoms with Crippen LogP contribution in [0.25, 0.3) is 0 Å². The largest absolute Gasteiger partial charge is 0.380 e. The van der Waals surface area contributed by atoms with Gasteiger partial charge in [-0.25, -0.2) is 0 Å². The summed E-state index contributed by atoms with van der Waals surface area (Å²) in [6, 6.07) is 0. The quantitative estimate of drug-likeness (QED) is 0.0160. The van der Waals surface area contributed by atoms with Crippen molar-refractivity contribution in [1.82, 2.24) is 52.3 Å². The second-order valence-electron chi connectivity index (χ2n) is 23.0. The second-order valence-corrected chi connectivity index (χ2v) is 29.5. The van der Waals surface area contributed by atoms with Gasteiger partial charge < -0.3 is 61.8 Å². The molecule has 0 aromatic heterocycles. The molecule has 0 aromatic rings. The van der Waals surface area contributed by atoms with Crippen LogP contribution in [0.5, 0.6) is 0 Å². The molecule has 2 aliphatic rings. The zero-order valence-corrected chi connectivity index (χ0v) is 61.0. The van der Waals surface area contributed by atoms with Gasteiger partial charge in [0.05, 0.1) is 13.2 Å². The van der Waals surface area contributed by atoms with Crippen molar-refractivity contribution in [2.75, 3.05) is 141 Å². The van der Waals surface area contributed by atoms with Crippen LogP contribution in [-0.4, -0.2) is 219 Å². The summed E-state index contributed by atoms with van der Waals surface area (Å²) in [5.41, 5.74) is 0. The van der Waals surface area contributed by atoms with Gasteiger partial charge in [0, 0.05) is 183 Å². The molecule has 0 radical (unpaired) electrons. The predicted molar refractivity (Wildman–Crippen MR) is 388 cm³/mol. The van der Waals surface area contributed by atoms with Crippen LogP contribution < -0.4 is 42.5 Å². The number of nitrogens with one attached hydrogen (secondary N) is 8. The van der Waals surface area contributed by atoms with E-state index >= 15 is 0 Å². The van der Waals surface area contributed by atoms with Crippen molar-refractivity contribution in [2.24, 2.45) is 0 Å². The maximum atomic E-state index is 12.4. The molecule has 8 amide bonds. The van der Waals surface area contributed by atoms with Crippen molar-refractivity contribution in [2.45, 2.75) is 208 Å². The fraction of sp³-hybridized carbons (Fsp3) is 0.873. The van der Waals surface area contributed by atoms with Crippen molar-refractivity contribution < 1.29 is 47.8 Å². The van der Waals surface area contributed by atoms with Gasteiger partial charge in [-0.15, -0.1) is 0 Å². The molecule has 2 rings (SSSR count). The first-order chi connectivity index (χ1) is 43.7. The van der Waals surface area contributed by atoms with Gasteiger partial charge >= 0.3 is 0 Å². The monoisotopic (exact) mass is 1400 g/mol. The van der Waals surface area contributed by atoms with Crippen LogP contribution >= 0.6 is 83.9 Å². The molecule has 2 aliphatic heterocycles. The SMILES string of the molecule is CCCOCCN(CCC(=O)NCCNC(=O)CCCCC(S)CCS)CCC(=O)NCCNC(=O)CCCCC(S)CCS.CCCOCCN(CCC(=O)NCCNC(=O)CCCCC1CCCS1)CCC(=O)NCCNC(=O)CCCCC1CCSS1. The summed E-state index contributed by atoms with van der Waals surface area (Å²) in [5.74, 6) is 3.89. The lowest BCUT2D eigenvalue weighted by Crippen LogP contribution is -2.39. The lowest BCUT2D eigenvalue weighted by molar-refractivity contribution is -0.123. The maximum Gasteiger partial charge on any atom is 0.221 e. The highest BCUT2D eigenvalue weighted by atomic mass is 33.1. The lowest BCUT2D eigenvalue weighted by Gasteiger charge is -2.22. The number of rotatable bonds is 58. The van der Waals surface area contributed by atoms with E-state index in [1.54, 1.807) is 0 Å². The van der Waals surface area contributed by atoms with E-state index in [4.69, 9.17) is 9.47 Å². The number of hydrogen-bond donors (Lipinski definition) is 12. The maximum absolute atomic E-state index is 12.4. The topological polar surface area (TPSA) is 258 Å². The van der Waals surface area contributed by atoms with Crippen molar-refractivity contribution in [3.05, 3.63) is 0 Å².